The van der Waals surface area contributed by atoms with Crippen LogP contribution in [0.15, 0.2) is 48.5 Å². The van der Waals surface area contributed by atoms with E-state index in [1.54, 1.807) is 0 Å². The van der Waals surface area contributed by atoms with Crippen LogP contribution in [-0.4, -0.2) is 30.0 Å². The van der Waals surface area contributed by atoms with E-state index >= 15 is 0 Å². The Bertz CT molecular complexity index is 793. The fourth-order valence-corrected chi connectivity index (χ4v) is 5.01. The average molecular weight is 482 g/mol. The van der Waals surface area contributed by atoms with Gasteiger partial charge in [-0.05, 0) is 90.9 Å². The lowest BCUT2D eigenvalue weighted by molar-refractivity contribution is -0.143. The minimum Gasteiger partial charge on any atom is -0.426 e. The van der Waals surface area contributed by atoms with E-state index in [1.165, 1.54) is 5.56 Å². The van der Waals surface area contributed by atoms with Crippen molar-refractivity contribution in [2.24, 2.45) is 5.92 Å². The summed E-state index contributed by atoms with van der Waals surface area (Å²) in [6.07, 6.45) is 3.19. The smallest absolute Gasteiger partial charge is 0.316 e. The molecule has 0 saturated carbocycles. The number of carbonyl (C=O) groups excluding carboxylic acids is 1. The van der Waals surface area contributed by atoms with Gasteiger partial charge in [-0.2, -0.15) is 0 Å². The quantitative estimate of drug-likeness (QED) is 0.346. The summed E-state index contributed by atoms with van der Waals surface area (Å²) in [4.78, 5) is 15.5. The second-order valence-corrected chi connectivity index (χ2v) is 8.94. The standard InChI is InChI=1S/C21H21ClINO2/c1-24-16-8-11-19(24)20(18(12-16)13-2-4-14(22)5-3-13)21(25)26-17-9-6-15(23)7-10-17/h2-7,9-10,16,18-20H,8,11-12H2,1H3. The summed E-state index contributed by atoms with van der Waals surface area (Å²) in [5.74, 6) is 0.521. The number of benzene rings is 2. The molecule has 0 spiro atoms. The maximum Gasteiger partial charge on any atom is 0.316 e. The number of rotatable bonds is 3. The van der Waals surface area contributed by atoms with Crippen LogP contribution < -0.4 is 4.74 Å². The highest BCUT2D eigenvalue weighted by atomic mass is 127. The van der Waals surface area contributed by atoms with Crippen LogP contribution in [0.5, 0.6) is 5.75 Å². The number of ether oxygens (including phenoxy) is 1. The van der Waals surface area contributed by atoms with Crippen molar-refractivity contribution in [2.45, 2.75) is 37.3 Å². The molecule has 2 aliphatic heterocycles. The van der Waals surface area contributed by atoms with E-state index in [1.807, 2.05) is 36.4 Å². The van der Waals surface area contributed by atoms with Gasteiger partial charge in [-0.25, -0.2) is 0 Å². The summed E-state index contributed by atoms with van der Waals surface area (Å²) in [5, 5.41) is 0.725. The summed E-state index contributed by atoms with van der Waals surface area (Å²) in [7, 11) is 2.14. The number of piperidine rings is 1. The van der Waals surface area contributed by atoms with Crippen LogP contribution >= 0.6 is 34.2 Å². The van der Waals surface area contributed by atoms with Crippen LogP contribution in [0, 0.1) is 9.49 Å². The Kier molecular flexibility index (Phi) is 5.26. The predicted octanol–water partition coefficient (Wildman–Crippen LogP) is 5.12. The maximum atomic E-state index is 13.2. The van der Waals surface area contributed by atoms with Gasteiger partial charge in [0, 0.05) is 26.6 Å². The highest BCUT2D eigenvalue weighted by Gasteiger charge is 2.49. The molecular weight excluding hydrogens is 461 g/mol. The monoisotopic (exact) mass is 481 g/mol. The molecule has 2 fully saturated rings. The van der Waals surface area contributed by atoms with Gasteiger partial charge in [0.15, 0.2) is 0 Å². The molecule has 3 nitrogen and oxygen atoms in total. The minimum absolute atomic E-state index is 0.122. The van der Waals surface area contributed by atoms with Crippen molar-refractivity contribution >= 4 is 40.2 Å². The third-order valence-corrected chi connectivity index (χ3v) is 6.84. The summed E-state index contributed by atoms with van der Waals surface area (Å²) in [6.45, 7) is 0. The summed E-state index contributed by atoms with van der Waals surface area (Å²) < 4.78 is 6.91. The average Bonchev–Trinajstić information content (AvgIpc) is 2.87. The van der Waals surface area contributed by atoms with Crippen LogP contribution in [0.1, 0.15) is 30.7 Å². The first-order chi connectivity index (χ1) is 12.5. The lowest BCUT2D eigenvalue weighted by atomic mass is 9.76. The molecule has 2 heterocycles. The molecular formula is C21H21ClINO2. The van der Waals surface area contributed by atoms with Crippen molar-refractivity contribution in [1.82, 2.24) is 4.90 Å². The Morgan fingerprint density at radius 3 is 2.50 bits per heavy atom. The first kappa shape index (κ1) is 18.3. The molecule has 136 valence electrons. The molecule has 5 heteroatoms. The summed E-state index contributed by atoms with van der Waals surface area (Å²) >= 11 is 8.31. The molecule has 26 heavy (non-hydrogen) atoms. The Morgan fingerprint density at radius 1 is 1.12 bits per heavy atom. The fourth-order valence-electron chi connectivity index (χ4n) is 4.53. The number of fused-ring (bicyclic) bond motifs is 2. The topological polar surface area (TPSA) is 29.5 Å². The van der Waals surface area contributed by atoms with Crippen LogP contribution in [0.25, 0.3) is 0 Å². The molecule has 4 rings (SSSR count). The van der Waals surface area contributed by atoms with Gasteiger partial charge in [-0.15, -0.1) is 0 Å². The van der Waals surface area contributed by atoms with Gasteiger partial charge in [-0.1, -0.05) is 23.7 Å². The van der Waals surface area contributed by atoms with Gasteiger partial charge >= 0.3 is 5.97 Å². The molecule has 0 radical (unpaired) electrons. The van der Waals surface area contributed by atoms with E-state index in [0.717, 1.165) is 27.9 Å². The fraction of sp³-hybridized carbons (Fsp3) is 0.381. The summed E-state index contributed by atoms with van der Waals surface area (Å²) in [6, 6.07) is 16.4. The van der Waals surface area contributed by atoms with Gasteiger partial charge in [0.2, 0.25) is 0 Å². The first-order valence-electron chi connectivity index (χ1n) is 8.97. The first-order valence-corrected chi connectivity index (χ1v) is 10.4. The van der Waals surface area contributed by atoms with Crippen LogP contribution in [0.3, 0.4) is 0 Å². The zero-order valence-electron chi connectivity index (χ0n) is 14.6. The zero-order valence-corrected chi connectivity index (χ0v) is 17.5. The van der Waals surface area contributed by atoms with E-state index < -0.39 is 0 Å². The highest BCUT2D eigenvalue weighted by molar-refractivity contribution is 14.1. The number of halogens is 2. The Labute approximate surface area is 172 Å². The minimum atomic E-state index is -0.154. The molecule has 2 saturated heterocycles. The number of esters is 1. The molecule has 2 aromatic rings. The van der Waals surface area contributed by atoms with Crippen molar-refractivity contribution in [3.05, 3.63) is 62.7 Å². The molecule has 0 amide bonds. The van der Waals surface area contributed by atoms with Gasteiger partial charge in [0.1, 0.15) is 5.75 Å². The van der Waals surface area contributed by atoms with Crippen molar-refractivity contribution in [1.29, 1.82) is 0 Å². The number of carbonyl (C=O) groups is 1. The van der Waals surface area contributed by atoms with E-state index in [9.17, 15) is 4.79 Å². The number of nitrogens with zero attached hydrogens (tertiary/aromatic N) is 1. The van der Waals surface area contributed by atoms with E-state index in [0.29, 0.717) is 11.8 Å². The number of hydrogen-bond acceptors (Lipinski definition) is 3. The molecule has 2 aliphatic rings. The van der Waals surface area contributed by atoms with E-state index in [-0.39, 0.29) is 23.8 Å². The SMILES string of the molecule is CN1C2CCC1C(C(=O)Oc1ccc(I)cc1)C(c1ccc(Cl)cc1)C2. The summed E-state index contributed by atoms with van der Waals surface area (Å²) in [5.41, 5.74) is 1.18. The Balaban J connectivity index is 1.63. The van der Waals surface area contributed by atoms with Crippen molar-refractivity contribution < 1.29 is 9.53 Å². The Morgan fingerprint density at radius 2 is 1.81 bits per heavy atom. The molecule has 4 atom stereocenters. The zero-order chi connectivity index (χ0) is 18.3. The second kappa shape index (κ2) is 7.49. The van der Waals surface area contributed by atoms with Crippen LogP contribution in [-0.2, 0) is 4.79 Å². The van der Waals surface area contributed by atoms with E-state index in [4.69, 9.17) is 16.3 Å². The van der Waals surface area contributed by atoms with Gasteiger partial charge in [-0.3, -0.25) is 9.69 Å². The molecule has 4 unspecified atom stereocenters. The van der Waals surface area contributed by atoms with E-state index in [2.05, 4.69) is 46.7 Å². The van der Waals surface area contributed by atoms with Crippen LogP contribution in [0.4, 0.5) is 0 Å². The number of hydrogen-bond donors (Lipinski definition) is 0. The normalized spacial score (nSPS) is 28.1. The lowest BCUT2D eigenvalue weighted by Gasteiger charge is -2.41. The maximum absolute atomic E-state index is 13.2. The van der Waals surface area contributed by atoms with Gasteiger partial charge in [0.25, 0.3) is 0 Å². The third-order valence-electron chi connectivity index (χ3n) is 5.87. The van der Waals surface area contributed by atoms with Crippen LogP contribution in [0.2, 0.25) is 5.02 Å². The van der Waals surface area contributed by atoms with Gasteiger partial charge < -0.3 is 4.74 Å². The molecule has 2 bridgehead atoms. The Hall–Kier alpha value is -1.11. The highest BCUT2D eigenvalue weighted by Crippen LogP contribution is 2.46. The van der Waals surface area contributed by atoms with Crippen molar-refractivity contribution in [3.8, 4) is 5.75 Å². The second-order valence-electron chi connectivity index (χ2n) is 7.26. The predicted molar refractivity (Wildman–Crippen MR) is 112 cm³/mol. The third kappa shape index (κ3) is 3.51. The van der Waals surface area contributed by atoms with Gasteiger partial charge in [0.05, 0.1) is 5.92 Å². The largest absolute Gasteiger partial charge is 0.426 e. The van der Waals surface area contributed by atoms with Crippen molar-refractivity contribution in [2.75, 3.05) is 7.05 Å². The lowest BCUT2D eigenvalue weighted by Crippen LogP contribution is -2.49. The van der Waals surface area contributed by atoms with Crippen molar-refractivity contribution in [3.63, 3.8) is 0 Å². The molecule has 0 aromatic heterocycles. The molecule has 0 N–H and O–H groups in total. The molecule has 2 aromatic carbocycles. The molecule has 0 aliphatic carbocycles.